The number of aryl methyl sites for hydroxylation is 3. The third kappa shape index (κ3) is 2.08. The number of aromatic nitrogens is 2. The Morgan fingerprint density at radius 1 is 1.05 bits per heavy atom. The highest BCUT2D eigenvalue weighted by atomic mass is 15.1. The van der Waals surface area contributed by atoms with Gasteiger partial charge in [0.2, 0.25) is 5.62 Å². The molecule has 3 aromatic rings. The largest absolute Gasteiger partial charge is 0.324 e. The van der Waals surface area contributed by atoms with Gasteiger partial charge in [0.1, 0.15) is 0 Å². The Bertz CT molecular complexity index is 806. The average molecular weight is 251 g/mol. The molecule has 1 heterocycles. The van der Waals surface area contributed by atoms with Crippen molar-refractivity contribution in [1.29, 1.82) is 0 Å². The summed E-state index contributed by atoms with van der Waals surface area (Å²) in [5.74, 6) is 0. The van der Waals surface area contributed by atoms with Crippen molar-refractivity contribution in [3.63, 3.8) is 0 Å². The van der Waals surface area contributed by atoms with Crippen LogP contribution in [0.4, 0.5) is 5.69 Å². The molecule has 1 aromatic heterocycles. The molecule has 96 valence electrons. The molecule has 0 aliphatic rings. The van der Waals surface area contributed by atoms with Gasteiger partial charge in [-0.1, -0.05) is 24.3 Å². The van der Waals surface area contributed by atoms with Crippen molar-refractivity contribution in [1.82, 2.24) is 9.55 Å². The Morgan fingerprint density at radius 3 is 2.63 bits per heavy atom. The van der Waals surface area contributed by atoms with Crippen molar-refractivity contribution in [3.05, 3.63) is 59.2 Å². The lowest BCUT2D eigenvalue weighted by atomic mass is 10.2. The predicted octanol–water partition coefficient (Wildman–Crippen LogP) is 3.36. The summed E-state index contributed by atoms with van der Waals surface area (Å²) in [6.07, 6.45) is 0. The molecule has 0 aliphatic heterocycles. The number of aromatic amines is 1. The maximum absolute atomic E-state index is 4.71. The van der Waals surface area contributed by atoms with E-state index in [1.807, 2.05) is 25.2 Å². The van der Waals surface area contributed by atoms with Crippen LogP contribution in [0.25, 0.3) is 11.0 Å². The van der Waals surface area contributed by atoms with Gasteiger partial charge in [-0.2, -0.15) is 0 Å². The fourth-order valence-electron chi connectivity index (χ4n) is 2.27. The van der Waals surface area contributed by atoms with E-state index in [2.05, 4.69) is 47.7 Å². The molecule has 0 amide bonds. The molecule has 0 saturated heterocycles. The molecule has 3 nitrogen and oxygen atoms in total. The first-order chi connectivity index (χ1) is 9.15. The molecule has 3 rings (SSSR count). The zero-order valence-electron chi connectivity index (χ0n) is 11.4. The first-order valence-electron chi connectivity index (χ1n) is 6.41. The molecule has 0 saturated carbocycles. The fourth-order valence-corrected chi connectivity index (χ4v) is 2.27. The highest BCUT2D eigenvalue weighted by Gasteiger charge is 2.02. The molecule has 3 heteroatoms. The SMILES string of the molecule is Cc1ccc2c(c1)[nH]/c(=N\c1ccccc1C)n2C. The maximum atomic E-state index is 4.71. The van der Waals surface area contributed by atoms with Crippen LogP contribution in [0.2, 0.25) is 0 Å². The number of rotatable bonds is 1. The van der Waals surface area contributed by atoms with Crippen molar-refractivity contribution in [2.24, 2.45) is 12.0 Å². The van der Waals surface area contributed by atoms with Crippen LogP contribution >= 0.6 is 0 Å². The molecular formula is C16H17N3. The van der Waals surface area contributed by atoms with Gasteiger partial charge in [-0.15, -0.1) is 0 Å². The standard InChI is InChI=1S/C16H17N3/c1-11-8-9-15-14(10-11)18-16(19(15)3)17-13-7-5-4-6-12(13)2/h4-10H,1-3H3,(H,17,18). The maximum Gasteiger partial charge on any atom is 0.208 e. The second-order valence-corrected chi connectivity index (χ2v) is 4.93. The molecule has 0 aliphatic carbocycles. The molecule has 0 fully saturated rings. The summed E-state index contributed by atoms with van der Waals surface area (Å²) in [5.41, 5.74) is 6.58. The van der Waals surface area contributed by atoms with Gasteiger partial charge in [-0.25, -0.2) is 4.99 Å². The van der Waals surface area contributed by atoms with Gasteiger partial charge >= 0.3 is 0 Å². The highest BCUT2D eigenvalue weighted by Crippen LogP contribution is 2.17. The minimum Gasteiger partial charge on any atom is -0.324 e. The number of fused-ring (bicyclic) bond motifs is 1. The number of H-pyrrole nitrogens is 1. The van der Waals surface area contributed by atoms with E-state index in [1.54, 1.807) is 0 Å². The van der Waals surface area contributed by atoms with Crippen LogP contribution in [0, 0.1) is 13.8 Å². The van der Waals surface area contributed by atoms with Gasteiger partial charge in [-0.05, 0) is 43.2 Å². The number of imidazole rings is 1. The topological polar surface area (TPSA) is 33.1 Å². The fraction of sp³-hybridized carbons (Fsp3) is 0.188. The Labute approximate surface area is 112 Å². The van der Waals surface area contributed by atoms with Crippen LogP contribution in [0.15, 0.2) is 47.5 Å². The molecule has 0 spiro atoms. The van der Waals surface area contributed by atoms with E-state index in [1.165, 1.54) is 11.1 Å². The highest BCUT2D eigenvalue weighted by molar-refractivity contribution is 5.75. The Kier molecular flexibility index (Phi) is 2.75. The van der Waals surface area contributed by atoms with Gasteiger partial charge in [0.15, 0.2) is 0 Å². The summed E-state index contributed by atoms with van der Waals surface area (Å²) in [7, 11) is 2.03. The van der Waals surface area contributed by atoms with Gasteiger partial charge < -0.3 is 9.55 Å². The molecule has 0 bridgehead atoms. The van der Waals surface area contributed by atoms with E-state index in [0.29, 0.717) is 0 Å². The van der Waals surface area contributed by atoms with E-state index >= 15 is 0 Å². The number of para-hydroxylation sites is 1. The minimum atomic E-state index is 0.870. The second-order valence-electron chi connectivity index (χ2n) is 4.93. The van der Waals surface area contributed by atoms with Crippen molar-refractivity contribution >= 4 is 16.7 Å². The lowest BCUT2D eigenvalue weighted by molar-refractivity contribution is 0.857. The monoisotopic (exact) mass is 251 g/mol. The third-order valence-corrected chi connectivity index (χ3v) is 3.42. The number of nitrogens with zero attached hydrogens (tertiary/aromatic N) is 2. The van der Waals surface area contributed by atoms with Crippen LogP contribution in [0.5, 0.6) is 0 Å². The molecule has 0 atom stereocenters. The van der Waals surface area contributed by atoms with Crippen molar-refractivity contribution in [2.75, 3.05) is 0 Å². The smallest absolute Gasteiger partial charge is 0.208 e. The Hall–Kier alpha value is -2.29. The zero-order chi connectivity index (χ0) is 13.4. The van der Waals surface area contributed by atoms with Gasteiger partial charge in [0.25, 0.3) is 0 Å². The van der Waals surface area contributed by atoms with Crippen molar-refractivity contribution in [2.45, 2.75) is 13.8 Å². The summed E-state index contributed by atoms with van der Waals surface area (Å²) < 4.78 is 2.08. The quantitative estimate of drug-likeness (QED) is 0.688. The molecular weight excluding hydrogens is 234 g/mol. The van der Waals surface area contributed by atoms with Crippen LogP contribution < -0.4 is 5.62 Å². The summed E-state index contributed by atoms with van der Waals surface area (Å²) in [6, 6.07) is 14.5. The zero-order valence-corrected chi connectivity index (χ0v) is 11.4. The van der Waals surface area contributed by atoms with E-state index in [0.717, 1.165) is 22.3 Å². The average Bonchev–Trinajstić information content (AvgIpc) is 2.68. The molecule has 0 radical (unpaired) electrons. The summed E-state index contributed by atoms with van der Waals surface area (Å²) in [4.78, 5) is 8.09. The number of benzene rings is 2. The first-order valence-corrected chi connectivity index (χ1v) is 6.41. The molecule has 0 unspecified atom stereocenters. The van der Waals surface area contributed by atoms with Gasteiger partial charge in [-0.3, -0.25) is 0 Å². The van der Waals surface area contributed by atoms with Gasteiger partial charge in [0, 0.05) is 7.05 Å². The lowest BCUT2D eigenvalue weighted by Crippen LogP contribution is -2.14. The molecule has 2 aromatic carbocycles. The summed E-state index contributed by atoms with van der Waals surface area (Å²) >= 11 is 0. The van der Waals surface area contributed by atoms with Crippen molar-refractivity contribution in [3.8, 4) is 0 Å². The van der Waals surface area contributed by atoms with Crippen molar-refractivity contribution < 1.29 is 0 Å². The summed E-state index contributed by atoms with van der Waals surface area (Å²) in [6.45, 7) is 4.17. The summed E-state index contributed by atoms with van der Waals surface area (Å²) in [5, 5.41) is 0. The number of nitrogens with one attached hydrogen (secondary N) is 1. The third-order valence-electron chi connectivity index (χ3n) is 3.42. The van der Waals surface area contributed by atoms with E-state index in [4.69, 9.17) is 4.99 Å². The van der Waals surface area contributed by atoms with E-state index < -0.39 is 0 Å². The van der Waals surface area contributed by atoms with Gasteiger partial charge in [0.05, 0.1) is 16.7 Å². The minimum absolute atomic E-state index is 0.870. The van der Waals surface area contributed by atoms with Crippen LogP contribution in [0.1, 0.15) is 11.1 Å². The van der Waals surface area contributed by atoms with Crippen LogP contribution in [-0.2, 0) is 7.05 Å². The van der Waals surface area contributed by atoms with E-state index in [-0.39, 0.29) is 0 Å². The first kappa shape index (κ1) is 11.8. The van der Waals surface area contributed by atoms with Crippen LogP contribution in [-0.4, -0.2) is 9.55 Å². The van der Waals surface area contributed by atoms with E-state index in [9.17, 15) is 0 Å². The normalized spacial score (nSPS) is 12.3. The second kappa shape index (κ2) is 4.43. The lowest BCUT2D eigenvalue weighted by Gasteiger charge is -1.98. The molecule has 1 N–H and O–H groups in total. The number of hydrogen-bond donors (Lipinski definition) is 1. The molecule has 19 heavy (non-hydrogen) atoms. The Balaban J connectivity index is 2.26. The number of hydrogen-bond acceptors (Lipinski definition) is 1. The van der Waals surface area contributed by atoms with Crippen LogP contribution in [0.3, 0.4) is 0 Å². The predicted molar refractivity (Wildman–Crippen MR) is 78.4 cm³/mol. The Morgan fingerprint density at radius 2 is 1.84 bits per heavy atom.